The first-order chi connectivity index (χ1) is 7.90. The molecule has 0 saturated carbocycles. The Bertz CT molecular complexity index is 468. The zero-order valence-corrected chi connectivity index (χ0v) is 10.1. The minimum Gasteiger partial charge on any atom is -0.264 e. The molecule has 0 amide bonds. The molecule has 0 radical (unpaired) electrons. The number of pyridine rings is 1. The highest BCUT2D eigenvalue weighted by Gasteiger charge is 2.03. The molecule has 1 heterocycles. The molecule has 1 aromatic carbocycles. The van der Waals surface area contributed by atoms with E-state index < -0.39 is 0 Å². The van der Waals surface area contributed by atoms with Gasteiger partial charge in [-0.05, 0) is 18.2 Å². The van der Waals surface area contributed by atoms with Gasteiger partial charge in [0.2, 0.25) is 0 Å². The molecule has 0 N–H and O–H groups in total. The molecule has 0 saturated heterocycles. The molecule has 16 heavy (non-hydrogen) atoms. The second-order valence-corrected chi connectivity index (χ2v) is 4.46. The van der Waals surface area contributed by atoms with Crippen molar-refractivity contribution in [3.63, 3.8) is 0 Å². The van der Waals surface area contributed by atoms with Gasteiger partial charge in [0, 0.05) is 33.3 Å². The molecule has 0 atom stereocenters. The normalized spacial score (nSPS) is 11.4. The third-order valence-corrected chi connectivity index (χ3v) is 3.45. The zero-order valence-electron chi connectivity index (χ0n) is 8.51. The van der Waals surface area contributed by atoms with Crippen molar-refractivity contribution >= 4 is 28.3 Å². The van der Waals surface area contributed by atoms with E-state index >= 15 is 0 Å². The van der Waals surface area contributed by atoms with Crippen LogP contribution in [-0.4, -0.2) is 4.98 Å². The Morgan fingerprint density at radius 2 is 1.94 bits per heavy atom. The van der Waals surface area contributed by atoms with Gasteiger partial charge in [0.1, 0.15) is 0 Å². The first-order valence-corrected chi connectivity index (χ1v) is 6.09. The topological polar surface area (TPSA) is 12.9 Å². The average Bonchev–Trinajstić information content (AvgIpc) is 2.38. The Balaban J connectivity index is 2.20. The fourth-order valence-electron chi connectivity index (χ4n) is 1.27. The van der Waals surface area contributed by atoms with Crippen molar-refractivity contribution in [2.24, 2.45) is 0 Å². The minimum absolute atomic E-state index is 1.00. The SMILES string of the molecule is Cl/C=C(/Sc1ccccc1)c1cccnc1. The van der Waals surface area contributed by atoms with Crippen molar-refractivity contribution in [3.8, 4) is 0 Å². The van der Waals surface area contributed by atoms with Gasteiger partial charge in [-0.3, -0.25) is 4.98 Å². The van der Waals surface area contributed by atoms with Gasteiger partial charge in [0.15, 0.2) is 0 Å². The number of aromatic nitrogens is 1. The molecule has 0 aliphatic rings. The third kappa shape index (κ3) is 2.87. The maximum atomic E-state index is 5.84. The fourth-order valence-corrected chi connectivity index (χ4v) is 2.36. The van der Waals surface area contributed by atoms with Crippen LogP contribution in [0.25, 0.3) is 4.91 Å². The quantitative estimate of drug-likeness (QED) is 0.745. The highest BCUT2D eigenvalue weighted by molar-refractivity contribution is 8.08. The number of hydrogen-bond donors (Lipinski definition) is 0. The minimum atomic E-state index is 1.00. The molecule has 0 spiro atoms. The fraction of sp³-hybridized carbons (Fsp3) is 0. The Morgan fingerprint density at radius 1 is 1.12 bits per heavy atom. The Labute approximate surface area is 104 Å². The van der Waals surface area contributed by atoms with Crippen LogP contribution in [0.5, 0.6) is 0 Å². The van der Waals surface area contributed by atoms with Gasteiger partial charge in [-0.15, -0.1) is 0 Å². The van der Waals surface area contributed by atoms with Crippen LogP contribution in [0.15, 0.2) is 65.3 Å². The molecule has 1 aromatic heterocycles. The van der Waals surface area contributed by atoms with E-state index in [1.165, 1.54) is 4.90 Å². The summed E-state index contributed by atoms with van der Waals surface area (Å²) in [6.07, 6.45) is 3.56. The van der Waals surface area contributed by atoms with Gasteiger partial charge < -0.3 is 0 Å². The van der Waals surface area contributed by atoms with Crippen molar-refractivity contribution < 1.29 is 0 Å². The smallest absolute Gasteiger partial charge is 0.0352 e. The number of hydrogen-bond acceptors (Lipinski definition) is 2. The van der Waals surface area contributed by atoms with E-state index in [2.05, 4.69) is 17.1 Å². The van der Waals surface area contributed by atoms with Gasteiger partial charge in [0.25, 0.3) is 0 Å². The average molecular weight is 248 g/mol. The van der Waals surface area contributed by atoms with Crippen LogP contribution in [0.3, 0.4) is 0 Å². The maximum absolute atomic E-state index is 5.84. The van der Waals surface area contributed by atoms with Crippen LogP contribution in [0, 0.1) is 0 Å². The van der Waals surface area contributed by atoms with Gasteiger partial charge in [0.05, 0.1) is 0 Å². The van der Waals surface area contributed by atoms with Gasteiger partial charge >= 0.3 is 0 Å². The van der Waals surface area contributed by atoms with E-state index in [9.17, 15) is 0 Å². The lowest BCUT2D eigenvalue weighted by Gasteiger charge is -2.05. The monoisotopic (exact) mass is 247 g/mol. The number of thioether (sulfide) groups is 1. The van der Waals surface area contributed by atoms with Gasteiger partial charge in [-0.2, -0.15) is 0 Å². The molecule has 0 aliphatic heterocycles. The summed E-state index contributed by atoms with van der Waals surface area (Å²) >= 11 is 7.47. The first-order valence-electron chi connectivity index (χ1n) is 4.84. The molecule has 0 aliphatic carbocycles. The number of halogens is 1. The molecular weight excluding hydrogens is 238 g/mol. The predicted molar refractivity (Wildman–Crippen MR) is 70.4 cm³/mol. The molecule has 0 fully saturated rings. The van der Waals surface area contributed by atoms with E-state index in [0.29, 0.717) is 0 Å². The maximum Gasteiger partial charge on any atom is 0.0352 e. The number of nitrogens with zero attached hydrogens (tertiary/aromatic N) is 1. The lowest BCUT2D eigenvalue weighted by molar-refractivity contribution is 1.32. The summed E-state index contributed by atoms with van der Waals surface area (Å²) in [6, 6.07) is 14.0. The summed E-state index contributed by atoms with van der Waals surface area (Å²) in [5.74, 6) is 0. The van der Waals surface area contributed by atoms with Crippen LogP contribution < -0.4 is 0 Å². The Hall–Kier alpha value is -1.25. The van der Waals surface area contributed by atoms with Crippen molar-refractivity contribution in [1.82, 2.24) is 4.98 Å². The number of benzene rings is 1. The summed E-state index contributed by atoms with van der Waals surface area (Å²) < 4.78 is 0. The second-order valence-electron chi connectivity index (χ2n) is 3.13. The van der Waals surface area contributed by atoms with Crippen LogP contribution >= 0.6 is 23.4 Å². The summed E-state index contributed by atoms with van der Waals surface area (Å²) in [5, 5.41) is 0. The summed E-state index contributed by atoms with van der Waals surface area (Å²) in [6.45, 7) is 0. The van der Waals surface area contributed by atoms with E-state index in [4.69, 9.17) is 11.6 Å². The lowest BCUT2D eigenvalue weighted by atomic mass is 10.3. The van der Waals surface area contributed by atoms with Crippen molar-refractivity contribution in [1.29, 1.82) is 0 Å². The summed E-state index contributed by atoms with van der Waals surface area (Å²) in [5.41, 5.74) is 2.63. The Morgan fingerprint density at radius 3 is 2.56 bits per heavy atom. The van der Waals surface area contributed by atoms with E-state index in [1.54, 1.807) is 23.5 Å². The Kier molecular flexibility index (Phi) is 4.03. The van der Waals surface area contributed by atoms with Crippen molar-refractivity contribution in [2.45, 2.75) is 4.90 Å². The van der Waals surface area contributed by atoms with Crippen LogP contribution in [0.1, 0.15) is 5.56 Å². The molecule has 0 unspecified atom stereocenters. The van der Waals surface area contributed by atoms with Crippen LogP contribution in [0.4, 0.5) is 0 Å². The molecule has 2 aromatic rings. The second kappa shape index (κ2) is 5.73. The van der Waals surface area contributed by atoms with Crippen molar-refractivity contribution in [3.05, 3.63) is 66.0 Å². The number of rotatable bonds is 3. The molecule has 80 valence electrons. The van der Waals surface area contributed by atoms with E-state index in [-0.39, 0.29) is 0 Å². The largest absolute Gasteiger partial charge is 0.264 e. The molecular formula is C13H10ClNS. The van der Waals surface area contributed by atoms with Crippen LogP contribution in [0.2, 0.25) is 0 Å². The van der Waals surface area contributed by atoms with E-state index in [1.807, 2.05) is 36.5 Å². The molecule has 1 nitrogen and oxygen atoms in total. The lowest BCUT2D eigenvalue weighted by Crippen LogP contribution is -1.80. The summed E-state index contributed by atoms with van der Waals surface area (Å²) in [7, 11) is 0. The molecule has 2 rings (SSSR count). The summed E-state index contributed by atoms with van der Waals surface area (Å²) in [4.78, 5) is 6.25. The molecule has 3 heteroatoms. The highest BCUT2D eigenvalue weighted by atomic mass is 35.5. The zero-order chi connectivity index (χ0) is 11.2. The predicted octanol–water partition coefficient (Wildman–Crippen LogP) is 4.41. The van der Waals surface area contributed by atoms with Crippen LogP contribution in [-0.2, 0) is 0 Å². The van der Waals surface area contributed by atoms with E-state index in [0.717, 1.165) is 10.5 Å². The van der Waals surface area contributed by atoms with Gasteiger partial charge in [-0.1, -0.05) is 47.6 Å². The van der Waals surface area contributed by atoms with Gasteiger partial charge in [-0.25, -0.2) is 0 Å². The molecule has 0 bridgehead atoms. The first kappa shape index (κ1) is 11.2. The van der Waals surface area contributed by atoms with Crippen molar-refractivity contribution in [2.75, 3.05) is 0 Å². The third-order valence-electron chi connectivity index (χ3n) is 2.02. The highest BCUT2D eigenvalue weighted by Crippen LogP contribution is 2.33. The standard InChI is InChI=1S/C13H10ClNS/c14-9-13(11-5-4-8-15-10-11)16-12-6-2-1-3-7-12/h1-10H/b13-9+.